The Morgan fingerprint density at radius 2 is 1.90 bits per heavy atom. The summed E-state index contributed by atoms with van der Waals surface area (Å²) >= 11 is 0. The lowest BCUT2D eigenvalue weighted by Gasteiger charge is -2.20. The number of carbonyl (C=O) groups is 1. The van der Waals surface area contributed by atoms with Crippen molar-refractivity contribution in [3.63, 3.8) is 0 Å². The molecule has 0 radical (unpaired) electrons. The molecule has 0 aliphatic rings. The summed E-state index contributed by atoms with van der Waals surface area (Å²) < 4.78 is 0. The number of nitrogens with zero attached hydrogens (tertiary/aromatic N) is 2. The van der Waals surface area contributed by atoms with Gasteiger partial charge in [0.25, 0.3) is 0 Å². The van der Waals surface area contributed by atoms with Crippen molar-refractivity contribution in [2.45, 2.75) is 20.3 Å². The second-order valence-electron chi connectivity index (χ2n) is 5.02. The van der Waals surface area contributed by atoms with Gasteiger partial charge < -0.3 is 4.90 Å². The molecule has 3 nitrogen and oxygen atoms in total. The minimum absolute atomic E-state index is 0.151. The van der Waals surface area contributed by atoms with E-state index in [-0.39, 0.29) is 5.91 Å². The smallest absolute Gasteiger partial charge is 0.244 e. The molecule has 2 rings (SSSR count). The standard InChI is InChI=1S/C17H18N2O/c1-4-13(11-18)17(20)19(3)16-8-7-14-9-12(2)5-6-15(14)10-16/h5-10,13H,4H2,1-3H3. The second kappa shape index (κ2) is 5.75. The molecule has 0 saturated carbocycles. The van der Waals surface area contributed by atoms with Gasteiger partial charge in [-0.05, 0) is 36.2 Å². The Morgan fingerprint density at radius 1 is 1.25 bits per heavy atom. The van der Waals surface area contributed by atoms with Crippen molar-refractivity contribution in [1.82, 2.24) is 0 Å². The molecule has 1 amide bonds. The highest BCUT2D eigenvalue weighted by molar-refractivity contribution is 5.98. The van der Waals surface area contributed by atoms with Crippen molar-refractivity contribution in [3.8, 4) is 6.07 Å². The molecular weight excluding hydrogens is 248 g/mol. The van der Waals surface area contributed by atoms with Gasteiger partial charge in [-0.2, -0.15) is 5.26 Å². The molecule has 0 heterocycles. The van der Waals surface area contributed by atoms with Crippen LogP contribution < -0.4 is 4.90 Å². The highest BCUT2D eigenvalue weighted by atomic mass is 16.2. The SMILES string of the molecule is CCC(C#N)C(=O)N(C)c1ccc2cc(C)ccc2c1. The molecular formula is C17H18N2O. The van der Waals surface area contributed by atoms with Crippen molar-refractivity contribution >= 4 is 22.4 Å². The number of aryl methyl sites for hydroxylation is 1. The lowest BCUT2D eigenvalue weighted by Crippen LogP contribution is -2.31. The van der Waals surface area contributed by atoms with E-state index in [4.69, 9.17) is 5.26 Å². The summed E-state index contributed by atoms with van der Waals surface area (Å²) in [5.41, 5.74) is 2.03. The fraction of sp³-hybridized carbons (Fsp3) is 0.294. The van der Waals surface area contributed by atoms with E-state index in [1.54, 1.807) is 11.9 Å². The zero-order valence-electron chi connectivity index (χ0n) is 12.1. The number of carbonyl (C=O) groups excluding carboxylic acids is 1. The van der Waals surface area contributed by atoms with Crippen molar-refractivity contribution < 1.29 is 4.79 Å². The fourth-order valence-corrected chi connectivity index (χ4v) is 2.24. The molecule has 2 aromatic rings. The highest BCUT2D eigenvalue weighted by Gasteiger charge is 2.20. The number of hydrogen-bond acceptors (Lipinski definition) is 2. The summed E-state index contributed by atoms with van der Waals surface area (Å²) in [6.45, 7) is 3.91. The van der Waals surface area contributed by atoms with Crippen LogP contribution in [-0.4, -0.2) is 13.0 Å². The van der Waals surface area contributed by atoms with Crippen LogP contribution in [-0.2, 0) is 4.79 Å². The largest absolute Gasteiger partial charge is 0.314 e. The Morgan fingerprint density at radius 3 is 2.55 bits per heavy atom. The van der Waals surface area contributed by atoms with E-state index < -0.39 is 5.92 Å². The van der Waals surface area contributed by atoms with Crippen molar-refractivity contribution in [2.75, 3.05) is 11.9 Å². The maximum Gasteiger partial charge on any atom is 0.244 e. The van der Waals surface area contributed by atoms with Crippen LogP contribution in [0.4, 0.5) is 5.69 Å². The Kier molecular flexibility index (Phi) is 4.05. The first-order valence-corrected chi connectivity index (χ1v) is 6.74. The molecule has 0 spiro atoms. The monoisotopic (exact) mass is 266 g/mol. The summed E-state index contributed by atoms with van der Waals surface area (Å²) in [6.07, 6.45) is 0.534. The molecule has 2 aromatic carbocycles. The van der Waals surface area contributed by atoms with E-state index >= 15 is 0 Å². The van der Waals surface area contributed by atoms with Crippen LogP contribution in [0.2, 0.25) is 0 Å². The van der Waals surface area contributed by atoms with Crippen LogP contribution in [0, 0.1) is 24.2 Å². The van der Waals surface area contributed by atoms with Gasteiger partial charge in [-0.25, -0.2) is 0 Å². The molecule has 0 N–H and O–H groups in total. The number of fused-ring (bicyclic) bond motifs is 1. The van der Waals surface area contributed by atoms with Gasteiger partial charge >= 0.3 is 0 Å². The first-order valence-electron chi connectivity index (χ1n) is 6.74. The Bertz CT molecular complexity index is 685. The third-order valence-corrected chi connectivity index (χ3v) is 3.56. The number of rotatable bonds is 3. The molecule has 0 fully saturated rings. The van der Waals surface area contributed by atoms with Crippen LogP contribution in [0.1, 0.15) is 18.9 Å². The molecule has 0 aromatic heterocycles. The molecule has 3 heteroatoms. The molecule has 102 valence electrons. The van der Waals surface area contributed by atoms with Gasteiger partial charge in [0.15, 0.2) is 0 Å². The summed E-state index contributed by atoms with van der Waals surface area (Å²) in [5.74, 6) is -0.727. The summed E-state index contributed by atoms with van der Waals surface area (Å²) in [6, 6.07) is 14.2. The van der Waals surface area contributed by atoms with Crippen LogP contribution in [0.5, 0.6) is 0 Å². The number of amides is 1. The van der Waals surface area contributed by atoms with E-state index in [9.17, 15) is 4.79 Å². The molecule has 0 aliphatic heterocycles. The van der Waals surface area contributed by atoms with Crippen molar-refractivity contribution in [2.24, 2.45) is 5.92 Å². The number of nitriles is 1. The Labute approximate surface area is 119 Å². The van der Waals surface area contributed by atoms with E-state index in [1.165, 1.54) is 5.56 Å². The van der Waals surface area contributed by atoms with Crippen LogP contribution in [0.15, 0.2) is 36.4 Å². The van der Waals surface area contributed by atoms with Crippen LogP contribution >= 0.6 is 0 Å². The third-order valence-electron chi connectivity index (χ3n) is 3.56. The first kappa shape index (κ1) is 14.1. The summed E-state index contributed by atoms with van der Waals surface area (Å²) in [5, 5.41) is 11.2. The van der Waals surface area contributed by atoms with E-state index in [0.29, 0.717) is 6.42 Å². The average Bonchev–Trinajstić information content (AvgIpc) is 2.47. The first-order chi connectivity index (χ1) is 9.56. The highest BCUT2D eigenvalue weighted by Crippen LogP contribution is 2.23. The van der Waals surface area contributed by atoms with E-state index in [1.807, 2.05) is 31.2 Å². The number of anilines is 1. The van der Waals surface area contributed by atoms with Crippen LogP contribution in [0.25, 0.3) is 10.8 Å². The maximum atomic E-state index is 12.2. The van der Waals surface area contributed by atoms with Gasteiger partial charge in [0.05, 0.1) is 6.07 Å². The third kappa shape index (κ3) is 2.65. The number of benzene rings is 2. The topological polar surface area (TPSA) is 44.1 Å². The quantitative estimate of drug-likeness (QED) is 0.851. The average molecular weight is 266 g/mol. The molecule has 20 heavy (non-hydrogen) atoms. The van der Waals surface area contributed by atoms with Gasteiger partial charge in [-0.1, -0.05) is 36.8 Å². The molecule has 0 saturated heterocycles. The Hall–Kier alpha value is -2.34. The Balaban J connectivity index is 2.36. The van der Waals surface area contributed by atoms with Gasteiger partial charge in [0, 0.05) is 12.7 Å². The van der Waals surface area contributed by atoms with Gasteiger partial charge in [-0.3, -0.25) is 4.79 Å². The zero-order valence-corrected chi connectivity index (χ0v) is 12.1. The predicted octanol–water partition coefficient (Wildman–Crippen LogP) is 3.66. The zero-order chi connectivity index (χ0) is 14.7. The van der Waals surface area contributed by atoms with Gasteiger partial charge in [0.1, 0.15) is 5.92 Å². The van der Waals surface area contributed by atoms with Gasteiger partial charge in [-0.15, -0.1) is 0 Å². The lowest BCUT2D eigenvalue weighted by molar-refractivity contribution is -0.120. The molecule has 0 aliphatic carbocycles. The fourth-order valence-electron chi connectivity index (χ4n) is 2.24. The van der Waals surface area contributed by atoms with Crippen LogP contribution in [0.3, 0.4) is 0 Å². The normalized spacial score (nSPS) is 11.9. The van der Waals surface area contributed by atoms with Crippen molar-refractivity contribution in [3.05, 3.63) is 42.0 Å². The predicted molar refractivity (Wildman–Crippen MR) is 81.5 cm³/mol. The van der Waals surface area contributed by atoms with Crippen molar-refractivity contribution in [1.29, 1.82) is 5.26 Å². The van der Waals surface area contributed by atoms with Gasteiger partial charge in [0.2, 0.25) is 5.91 Å². The van der Waals surface area contributed by atoms with E-state index in [0.717, 1.165) is 16.5 Å². The van der Waals surface area contributed by atoms with E-state index in [2.05, 4.69) is 25.1 Å². The second-order valence-corrected chi connectivity index (χ2v) is 5.02. The summed E-state index contributed by atoms with van der Waals surface area (Å²) in [4.78, 5) is 13.8. The molecule has 1 atom stereocenters. The molecule has 1 unspecified atom stereocenters. The maximum absolute atomic E-state index is 12.2. The molecule has 0 bridgehead atoms. The minimum atomic E-state index is -0.575. The number of hydrogen-bond donors (Lipinski definition) is 0. The summed E-state index contributed by atoms with van der Waals surface area (Å²) in [7, 11) is 1.72. The lowest BCUT2D eigenvalue weighted by atomic mass is 10.0. The minimum Gasteiger partial charge on any atom is -0.314 e.